The lowest BCUT2D eigenvalue weighted by Crippen LogP contribution is -2.27. The lowest BCUT2D eigenvalue weighted by atomic mass is 9.80. The van der Waals surface area contributed by atoms with Crippen molar-refractivity contribution in [3.63, 3.8) is 0 Å². The molecule has 0 unspecified atom stereocenters. The van der Waals surface area contributed by atoms with Gasteiger partial charge in [-0.1, -0.05) is 38.5 Å². The van der Waals surface area contributed by atoms with Crippen LogP contribution in [0.5, 0.6) is 0 Å². The van der Waals surface area contributed by atoms with Gasteiger partial charge in [0.05, 0.1) is 12.2 Å². The van der Waals surface area contributed by atoms with E-state index < -0.39 is 0 Å². The molecule has 2 fully saturated rings. The van der Waals surface area contributed by atoms with Crippen molar-refractivity contribution in [3.8, 4) is 0 Å². The highest BCUT2D eigenvalue weighted by molar-refractivity contribution is 4.77. The molecule has 0 aromatic heterocycles. The van der Waals surface area contributed by atoms with Crippen molar-refractivity contribution in [2.75, 3.05) is 0 Å². The average Bonchev–Trinajstić information content (AvgIpc) is 2.46. The van der Waals surface area contributed by atoms with E-state index in [1.165, 1.54) is 64.2 Å². The number of hydrogen-bond donors (Lipinski definition) is 2. The predicted octanol–water partition coefficient (Wildman–Crippen LogP) is 3.65. The van der Waals surface area contributed by atoms with Crippen LogP contribution in [0, 0.1) is 11.8 Å². The first-order valence-corrected chi connectivity index (χ1v) is 8.13. The van der Waals surface area contributed by atoms with E-state index >= 15 is 0 Å². The highest BCUT2D eigenvalue weighted by Gasteiger charge is 2.25. The molecule has 0 spiro atoms. The summed E-state index contributed by atoms with van der Waals surface area (Å²) in [7, 11) is 0. The third-order valence-corrected chi connectivity index (χ3v) is 5.15. The van der Waals surface area contributed by atoms with E-state index in [1.54, 1.807) is 0 Å². The summed E-state index contributed by atoms with van der Waals surface area (Å²) in [5, 5.41) is 20.4. The number of rotatable bonds is 5. The summed E-state index contributed by atoms with van der Waals surface area (Å²) in [6.07, 6.45) is 13.9. The lowest BCUT2D eigenvalue weighted by molar-refractivity contribution is 0.0341. The highest BCUT2D eigenvalue weighted by Crippen LogP contribution is 2.31. The normalized spacial score (nSPS) is 27.0. The van der Waals surface area contributed by atoms with Gasteiger partial charge in [0.25, 0.3) is 0 Å². The smallest absolute Gasteiger partial charge is 0.0569 e. The van der Waals surface area contributed by atoms with Crippen LogP contribution in [0.4, 0.5) is 0 Å². The first-order valence-electron chi connectivity index (χ1n) is 8.13. The van der Waals surface area contributed by atoms with Gasteiger partial charge in [-0.3, -0.25) is 0 Å². The molecule has 106 valence electrons. The van der Waals surface area contributed by atoms with E-state index in [4.69, 9.17) is 0 Å². The molecular formula is C16H30O2. The zero-order valence-electron chi connectivity index (χ0n) is 11.7. The van der Waals surface area contributed by atoms with Crippen molar-refractivity contribution in [1.82, 2.24) is 0 Å². The average molecular weight is 254 g/mol. The molecule has 2 aliphatic rings. The molecule has 2 aliphatic carbocycles. The standard InChI is InChI=1S/C16H30O2/c17-15(13-7-3-1-4-8-13)11-12-16(18)14-9-5-2-6-10-14/h13-18H,1-12H2/t15-,16+. The van der Waals surface area contributed by atoms with Crippen LogP contribution in [-0.2, 0) is 0 Å². The van der Waals surface area contributed by atoms with Crippen LogP contribution in [0.15, 0.2) is 0 Å². The van der Waals surface area contributed by atoms with Crippen molar-refractivity contribution in [2.24, 2.45) is 11.8 Å². The Morgan fingerprint density at radius 2 is 0.944 bits per heavy atom. The SMILES string of the molecule is O[C@H](CC[C@H](O)C1CCCCC1)C1CCCCC1. The summed E-state index contributed by atoms with van der Waals surface area (Å²) in [5.74, 6) is 1.02. The molecule has 0 aliphatic heterocycles. The van der Waals surface area contributed by atoms with Crippen LogP contribution in [0.2, 0.25) is 0 Å². The second kappa shape index (κ2) is 7.49. The molecule has 0 aromatic rings. The Bertz CT molecular complexity index is 193. The topological polar surface area (TPSA) is 40.5 Å². The van der Waals surface area contributed by atoms with Gasteiger partial charge in [-0.25, -0.2) is 0 Å². The Hall–Kier alpha value is -0.0800. The van der Waals surface area contributed by atoms with Gasteiger partial charge in [0, 0.05) is 0 Å². The minimum absolute atomic E-state index is 0.163. The summed E-state index contributed by atoms with van der Waals surface area (Å²) < 4.78 is 0. The quantitative estimate of drug-likeness (QED) is 0.786. The van der Waals surface area contributed by atoms with E-state index in [-0.39, 0.29) is 12.2 Å². The fourth-order valence-corrected chi connectivity index (χ4v) is 3.85. The Kier molecular flexibility index (Phi) is 5.97. The zero-order chi connectivity index (χ0) is 12.8. The lowest BCUT2D eigenvalue weighted by Gasteiger charge is -2.30. The maximum Gasteiger partial charge on any atom is 0.0569 e. The highest BCUT2D eigenvalue weighted by atomic mass is 16.3. The maximum absolute atomic E-state index is 10.2. The van der Waals surface area contributed by atoms with Crippen LogP contribution < -0.4 is 0 Å². The summed E-state index contributed by atoms with van der Waals surface area (Å²) in [6, 6.07) is 0. The minimum Gasteiger partial charge on any atom is -0.393 e. The monoisotopic (exact) mass is 254 g/mol. The van der Waals surface area contributed by atoms with Crippen molar-refractivity contribution < 1.29 is 10.2 Å². The van der Waals surface area contributed by atoms with E-state index in [0.29, 0.717) is 11.8 Å². The van der Waals surface area contributed by atoms with Crippen molar-refractivity contribution in [3.05, 3.63) is 0 Å². The maximum atomic E-state index is 10.2. The van der Waals surface area contributed by atoms with Gasteiger partial charge in [-0.15, -0.1) is 0 Å². The molecule has 18 heavy (non-hydrogen) atoms. The van der Waals surface area contributed by atoms with Crippen molar-refractivity contribution >= 4 is 0 Å². The molecule has 0 aromatic carbocycles. The third-order valence-electron chi connectivity index (χ3n) is 5.15. The van der Waals surface area contributed by atoms with Crippen LogP contribution in [0.3, 0.4) is 0 Å². The zero-order valence-corrected chi connectivity index (χ0v) is 11.7. The van der Waals surface area contributed by atoms with E-state index in [0.717, 1.165) is 12.8 Å². The van der Waals surface area contributed by atoms with Crippen LogP contribution in [0.25, 0.3) is 0 Å². The Morgan fingerprint density at radius 3 is 1.28 bits per heavy atom. The van der Waals surface area contributed by atoms with E-state index in [2.05, 4.69) is 0 Å². The molecule has 2 nitrogen and oxygen atoms in total. The van der Waals surface area contributed by atoms with Gasteiger partial charge in [-0.2, -0.15) is 0 Å². The molecule has 2 heteroatoms. The first kappa shape index (κ1) is 14.3. The van der Waals surface area contributed by atoms with Gasteiger partial charge < -0.3 is 10.2 Å². The molecule has 0 amide bonds. The summed E-state index contributed by atoms with van der Waals surface area (Å²) in [6.45, 7) is 0. The molecule has 0 saturated heterocycles. The van der Waals surface area contributed by atoms with E-state index in [9.17, 15) is 10.2 Å². The van der Waals surface area contributed by atoms with Gasteiger partial charge in [0.2, 0.25) is 0 Å². The molecule has 2 saturated carbocycles. The van der Waals surface area contributed by atoms with Crippen LogP contribution in [0.1, 0.15) is 77.0 Å². The van der Waals surface area contributed by atoms with Gasteiger partial charge in [0.1, 0.15) is 0 Å². The molecule has 2 N–H and O–H groups in total. The Balaban J connectivity index is 1.66. The van der Waals surface area contributed by atoms with Gasteiger partial charge in [-0.05, 0) is 50.4 Å². The molecule has 0 heterocycles. The van der Waals surface area contributed by atoms with Gasteiger partial charge in [0.15, 0.2) is 0 Å². The van der Waals surface area contributed by atoms with Crippen LogP contribution in [-0.4, -0.2) is 22.4 Å². The third kappa shape index (κ3) is 4.24. The molecule has 0 bridgehead atoms. The molecular weight excluding hydrogens is 224 g/mol. The van der Waals surface area contributed by atoms with Crippen LogP contribution >= 0.6 is 0 Å². The number of hydrogen-bond acceptors (Lipinski definition) is 2. The summed E-state index contributed by atoms with van der Waals surface area (Å²) in [4.78, 5) is 0. The summed E-state index contributed by atoms with van der Waals surface area (Å²) >= 11 is 0. The number of aliphatic hydroxyl groups is 2. The largest absolute Gasteiger partial charge is 0.393 e. The minimum atomic E-state index is -0.163. The van der Waals surface area contributed by atoms with Crippen molar-refractivity contribution in [2.45, 2.75) is 89.3 Å². The predicted molar refractivity (Wildman–Crippen MR) is 74.4 cm³/mol. The summed E-state index contributed by atoms with van der Waals surface area (Å²) in [5.41, 5.74) is 0. The molecule has 2 rings (SSSR count). The fraction of sp³-hybridized carbons (Fsp3) is 1.00. The van der Waals surface area contributed by atoms with Crippen molar-refractivity contribution in [1.29, 1.82) is 0 Å². The molecule has 0 radical (unpaired) electrons. The second-order valence-electron chi connectivity index (χ2n) is 6.51. The number of aliphatic hydroxyl groups excluding tert-OH is 2. The first-order chi connectivity index (χ1) is 8.77. The second-order valence-corrected chi connectivity index (χ2v) is 6.51. The Labute approximate surface area is 112 Å². The Morgan fingerprint density at radius 1 is 0.611 bits per heavy atom. The van der Waals surface area contributed by atoms with Gasteiger partial charge >= 0.3 is 0 Å². The molecule has 2 atom stereocenters. The van der Waals surface area contributed by atoms with E-state index in [1.807, 2.05) is 0 Å². The fourth-order valence-electron chi connectivity index (χ4n) is 3.85.